The number of nitrogens with two attached hydrogens (primary N) is 1. The zero-order valence-corrected chi connectivity index (χ0v) is 14.1. The fraction of sp³-hybridized carbons (Fsp3) is 0.176. The molecule has 1 unspecified atom stereocenters. The molecule has 0 saturated carbocycles. The van der Waals surface area contributed by atoms with Gasteiger partial charge in [0.1, 0.15) is 11.6 Å². The summed E-state index contributed by atoms with van der Waals surface area (Å²) >= 11 is 5.65. The molecule has 3 amide bonds. The number of urea groups is 1. The van der Waals surface area contributed by atoms with Crippen LogP contribution in [0, 0.1) is 5.82 Å². The number of rotatable bonds is 6. The van der Waals surface area contributed by atoms with E-state index in [9.17, 15) is 14.0 Å². The number of carbonyl (C=O) groups is 2. The molecule has 0 bridgehead atoms. The summed E-state index contributed by atoms with van der Waals surface area (Å²) in [6.07, 6.45) is 0. The molecule has 0 heterocycles. The molecule has 1 atom stereocenters. The molecule has 0 fully saturated rings. The molecular formula is C17H17ClFN3O3. The van der Waals surface area contributed by atoms with Crippen LogP contribution < -0.4 is 21.1 Å². The first-order valence-electron chi connectivity index (χ1n) is 7.39. The van der Waals surface area contributed by atoms with Crippen LogP contribution in [-0.2, 0) is 4.79 Å². The fourth-order valence-electron chi connectivity index (χ4n) is 2.08. The second-order valence-electron chi connectivity index (χ2n) is 5.27. The van der Waals surface area contributed by atoms with Crippen molar-refractivity contribution < 1.29 is 18.7 Å². The van der Waals surface area contributed by atoms with Gasteiger partial charge in [-0.3, -0.25) is 4.79 Å². The third-order valence-corrected chi connectivity index (χ3v) is 3.61. The van der Waals surface area contributed by atoms with Crippen molar-refractivity contribution in [3.63, 3.8) is 0 Å². The zero-order valence-electron chi connectivity index (χ0n) is 13.4. The van der Waals surface area contributed by atoms with E-state index < -0.39 is 11.8 Å². The third-order valence-electron chi connectivity index (χ3n) is 3.32. The highest BCUT2D eigenvalue weighted by atomic mass is 35.5. The minimum Gasteiger partial charge on any atom is -0.484 e. The van der Waals surface area contributed by atoms with Crippen molar-refractivity contribution >= 4 is 29.2 Å². The van der Waals surface area contributed by atoms with E-state index in [2.05, 4.69) is 10.6 Å². The Balaban J connectivity index is 1.86. The van der Waals surface area contributed by atoms with Crippen molar-refractivity contribution in [3.05, 3.63) is 58.9 Å². The van der Waals surface area contributed by atoms with Crippen molar-refractivity contribution in [1.82, 2.24) is 5.32 Å². The lowest BCUT2D eigenvalue weighted by Crippen LogP contribution is -2.31. The van der Waals surface area contributed by atoms with E-state index in [-0.39, 0.29) is 23.6 Å². The number of anilines is 1. The molecule has 0 saturated heterocycles. The minimum atomic E-state index is -0.646. The maximum absolute atomic E-state index is 13.1. The number of primary amides is 1. The second kappa shape index (κ2) is 8.34. The second-order valence-corrected chi connectivity index (χ2v) is 5.67. The molecule has 25 heavy (non-hydrogen) atoms. The highest BCUT2D eigenvalue weighted by Gasteiger charge is 2.11. The van der Waals surface area contributed by atoms with Gasteiger partial charge in [-0.25, -0.2) is 9.18 Å². The molecule has 0 aliphatic heterocycles. The van der Waals surface area contributed by atoms with E-state index in [0.29, 0.717) is 11.4 Å². The van der Waals surface area contributed by atoms with Crippen molar-refractivity contribution in [2.24, 2.45) is 5.73 Å². The quantitative estimate of drug-likeness (QED) is 0.733. The minimum absolute atomic E-state index is 0.0732. The van der Waals surface area contributed by atoms with Gasteiger partial charge in [-0.1, -0.05) is 23.7 Å². The predicted octanol–water partition coefficient (Wildman–Crippen LogP) is 3.23. The Morgan fingerprint density at radius 1 is 1.24 bits per heavy atom. The van der Waals surface area contributed by atoms with Gasteiger partial charge in [0.05, 0.1) is 11.1 Å². The molecule has 2 rings (SSSR count). The first-order chi connectivity index (χ1) is 11.8. The Morgan fingerprint density at radius 2 is 1.92 bits per heavy atom. The molecule has 2 aromatic rings. The Labute approximate surface area is 149 Å². The van der Waals surface area contributed by atoms with Crippen LogP contribution in [-0.4, -0.2) is 18.5 Å². The molecule has 0 radical (unpaired) electrons. The molecule has 0 aliphatic rings. The summed E-state index contributed by atoms with van der Waals surface area (Å²) in [7, 11) is 0. The number of halogens is 2. The molecule has 132 valence electrons. The molecule has 0 spiro atoms. The Hall–Kier alpha value is -2.80. The zero-order chi connectivity index (χ0) is 18.4. The predicted molar refractivity (Wildman–Crippen MR) is 93.1 cm³/mol. The molecule has 8 heteroatoms. The topological polar surface area (TPSA) is 93.4 Å². The summed E-state index contributed by atoms with van der Waals surface area (Å²) in [5.41, 5.74) is 6.44. The van der Waals surface area contributed by atoms with Gasteiger partial charge < -0.3 is 21.1 Å². The van der Waals surface area contributed by atoms with Gasteiger partial charge >= 0.3 is 6.03 Å². The van der Waals surface area contributed by atoms with Crippen LogP contribution >= 0.6 is 11.6 Å². The van der Waals surface area contributed by atoms with Gasteiger partial charge in [-0.2, -0.15) is 0 Å². The highest BCUT2D eigenvalue weighted by Crippen LogP contribution is 2.21. The van der Waals surface area contributed by atoms with Crippen LogP contribution in [0.15, 0.2) is 42.5 Å². The van der Waals surface area contributed by atoms with E-state index in [1.54, 1.807) is 24.3 Å². The molecular weight excluding hydrogens is 349 g/mol. The van der Waals surface area contributed by atoms with Gasteiger partial charge in [-0.05, 0) is 36.8 Å². The lowest BCUT2D eigenvalue weighted by Gasteiger charge is -2.15. The third kappa shape index (κ3) is 5.65. The van der Waals surface area contributed by atoms with E-state index in [1.165, 1.54) is 18.2 Å². The van der Waals surface area contributed by atoms with Gasteiger partial charge in [0, 0.05) is 11.8 Å². The summed E-state index contributed by atoms with van der Waals surface area (Å²) in [4.78, 5) is 22.7. The average Bonchev–Trinajstić information content (AvgIpc) is 2.56. The number of benzene rings is 2. The Bertz CT molecular complexity index is 768. The van der Waals surface area contributed by atoms with Crippen LogP contribution in [0.4, 0.5) is 14.9 Å². The average molecular weight is 366 g/mol. The van der Waals surface area contributed by atoms with E-state index >= 15 is 0 Å². The van der Waals surface area contributed by atoms with Crippen LogP contribution in [0.3, 0.4) is 0 Å². The van der Waals surface area contributed by atoms with Crippen molar-refractivity contribution in [2.75, 3.05) is 11.9 Å². The monoisotopic (exact) mass is 365 g/mol. The first kappa shape index (κ1) is 18.5. The molecule has 4 N–H and O–H groups in total. The highest BCUT2D eigenvalue weighted by molar-refractivity contribution is 6.30. The van der Waals surface area contributed by atoms with E-state index in [0.717, 1.165) is 5.56 Å². The van der Waals surface area contributed by atoms with Gasteiger partial charge in [-0.15, -0.1) is 0 Å². The normalized spacial score (nSPS) is 11.5. The Kier molecular flexibility index (Phi) is 6.19. The fourth-order valence-corrected chi connectivity index (χ4v) is 2.25. The van der Waals surface area contributed by atoms with Crippen LogP contribution in [0.2, 0.25) is 5.02 Å². The lowest BCUT2D eigenvalue weighted by atomic mass is 10.1. The molecule has 2 aromatic carbocycles. The first-order valence-corrected chi connectivity index (χ1v) is 7.76. The number of amides is 3. The van der Waals surface area contributed by atoms with Crippen LogP contribution in [0.1, 0.15) is 18.5 Å². The summed E-state index contributed by atoms with van der Waals surface area (Å²) in [5.74, 6) is -0.593. The maximum atomic E-state index is 13.1. The number of hydrogen-bond acceptors (Lipinski definition) is 3. The van der Waals surface area contributed by atoms with Gasteiger partial charge in [0.25, 0.3) is 5.91 Å². The van der Waals surface area contributed by atoms with Gasteiger partial charge in [0.15, 0.2) is 6.61 Å². The SMILES string of the molecule is CC(NC(=O)COc1ccc(F)c(Cl)c1)c1ccc(NC(N)=O)cc1. The lowest BCUT2D eigenvalue weighted by molar-refractivity contribution is -0.123. The number of nitrogens with one attached hydrogen (secondary N) is 2. The maximum Gasteiger partial charge on any atom is 0.316 e. The van der Waals surface area contributed by atoms with E-state index in [4.69, 9.17) is 22.1 Å². The smallest absolute Gasteiger partial charge is 0.316 e. The van der Waals surface area contributed by atoms with Crippen molar-refractivity contribution in [3.8, 4) is 5.75 Å². The summed E-state index contributed by atoms with van der Waals surface area (Å²) in [6, 6.07) is 9.83. The van der Waals surface area contributed by atoms with E-state index in [1.807, 2.05) is 6.92 Å². The molecule has 0 aliphatic carbocycles. The Morgan fingerprint density at radius 3 is 2.52 bits per heavy atom. The summed E-state index contributed by atoms with van der Waals surface area (Å²) in [5, 5.41) is 5.15. The molecule has 0 aromatic heterocycles. The standard InChI is InChI=1S/C17H17ClFN3O3/c1-10(11-2-4-12(5-3-11)22-17(20)24)21-16(23)9-25-13-6-7-15(19)14(18)8-13/h2-8,10H,9H2,1H3,(H,21,23)(H3,20,22,24). The summed E-state index contributed by atoms with van der Waals surface area (Å²) in [6.45, 7) is 1.58. The van der Waals surface area contributed by atoms with Gasteiger partial charge in [0.2, 0.25) is 0 Å². The largest absolute Gasteiger partial charge is 0.484 e. The molecule has 6 nitrogen and oxygen atoms in total. The summed E-state index contributed by atoms with van der Waals surface area (Å²) < 4.78 is 18.3. The van der Waals surface area contributed by atoms with Crippen molar-refractivity contribution in [1.29, 1.82) is 0 Å². The number of ether oxygens (including phenoxy) is 1. The number of hydrogen-bond donors (Lipinski definition) is 3. The van der Waals surface area contributed by atoms with Crippen LogP contribution in [0.5, 0.6) is 5.75 Å². The van der Waals surface area contributed by atoms with Crippen LogP contribution in [0.25, 0.3) is 0 Å². The number of carbonyl (C=O) groups excluding carboxylic acids is 2. The van der Waals surface area contributed by atoms with Crippen molar-refractivity contribution in [2.45, 2.75) is 13.0 Å².